The van der Waals surface area contributed by atoms with Gasteiger partial charge in [0.05, 0.1) is 23.2 Å². The van der Waals surface area contributed by atoms with Crippen molar-refractivity contribution < 1.29 is 9.53 Å². The highest BCUT2D eigenvalue weighted by Gasteiger charge is 2.16. The Kier molecular flexibility index (Phi) is 8.08. The largest absolute Gasteiger partial charge is 0.383 e. The average molecular weight is 314 g/mol. The Morgan fingerprint density at radius 3 is 2.81 bits per heavy atom. The maximum Gasteiger partial charge on any atom is 0.253 e. The monoisotopic (exact) mass is 313 g/mol. The van der Waals surface area contributed by atoms with Gasteiger partial charge in [0.25, 0.3) is 5.91 Å². The lowest BCUT2D eigenvalue weighted by molar-refractivity contribution is 0.0891. The number of carbonyl (C=O) groups excluding carboxylic acids is 1. The van der Waals surface area contributed by atoms with Gasteiger partial charge < -0.3 is 15.4 Å². The molecule has 0 radical (unpaired) electrons. The Labute approximate surface area is 131 Å². The number of ether oxygens (including phenoxy) is 1. The van der Waals surface area contributed by atoms with Gasteiger partial charge in [-0.25, -0.2) is 4.98 Å². The first kappa shape index (κ1) is 17.7. The summed E-state index contributed by atoms with van der Waals surface area (Å²) in [5.74, 6) is 0.461. The summed E-state index contributed by atoms with van der Waals surface area (Å²) in [5.41, 5.74) is 0.433. The molecule has 1 unspecified atom stereocenters. The average Bonchev–Trinajstić information content (AvgIpc) is 2.46. The number of nitrogens with zero attached hydrogens (tertiary/aromatic N) is 1. The standard InChI is InChI=1S/C15H24ClN3O2/c1-4-6-11(10-21-3)19-15(20)12-8-14(17-7-5-2)18-9-13(12)16/h8-9,11H,4-7,10H2,1-3H3,(H,17,18)(H,19,20). The van der Waals surface area contributed by atoms with Crippen molar-refractivity contribution in [2.75, 3.05) is 25.6 Å². The van der Waals surface area contributed by atoms with Gasteiger partial charge in [-0.1, -0.05) is 31.9 Å². The third-order valence-corrected chi connectivity index (χ3v) is 3.30. The number of nitrogens with one attached hydrogen (secondary N) is 2. The quantitative estimate of drug-likeness (QED) is 0.735. The first-order valence-corrected chi connectivity index (χ1v) is 7.69. The van der Waals surface area contributed by atoms with Gasteiger partial charge in [0.2, 0.25) is 0 Å². The molecule has 0 aliphatic heterocycles. The lowest BCUT2D eigenvalue weighted by atomic mass is 10.1. The van der Waals surface area contributed by atoms with E-state index in [-0.39, 0.29) is 11.9 Å². The van der Waals surface area contributed by atoms with Crippen molar-refractivity contribution in [1.82, 2.24) is 10.3 Å². The SMILES string of the molecule is CCCNc1cc(C(=O)NC(CCC)COC)c(Cl)cn1. The minimum Gasteiger partial charge on any atom is -0.383 e. The maximum atomic E-state index is 12.3. The van der Waals surface area contributed by atoms with E-state index in [2.05, 4.69) is 29.5 Å². The summed E-state index contributed by atoms with van der Waals surface area (Å²) in [6.07, 6.45) is 4.32. The van der Waals surface area contributed by atoms with E-state index in [4.69, 9.17) is 16.3 Å². The number of methoxy groups -OCH3 is 1. The highest BCUT2D eigenvalue weighted by atomic mass is 35.5. The lowest BCUT2D eigenvalue weighted by Crippen LogP contribution is -2.38. The molecule has 21 heavy (non-hydrogen) atoms. The molecule has 0 aromatic carbocycles. The molecule has 0 aliphatic carbocycles. The van der Waals surface area contributed by atoms with Crippen LogP contribution in [0.1, 0.15) is 43.5 Å². The lowest BCUT2D eigenvalue weighted by Gasteiger charge is -2.18. The van der Waals surface area contributed by atoms with Gasteiger partial charge in [0.15, 0.2) is 0 Å². The number of amides is 1. The summed E-state index contributed by atoms with van der Waals surface area (Å²) in [6.45, 7) is 5.43. The first-order valence-electron chi connectivity index (χ1n) is 7.31. The van der Waals surface area contributed by atoms with Crippen molar-refractivity contribution in [3.63, 3.8) is 0 Å². The molecule has 0 saturated carbocycles. The highest BCUT2D eigenvalue weighted by Crippen LogP contribution is 2.18. The van der Waals surface area contributed by atoms with Crippen LogP contribution in [0.3, 0.4) is 0 Å². The van der Waals surface area contributed by atoms with Crippen molar-refractivity contribution in [3.8, 4) is 0 Å². The van der Waals surface area contributed by atoms with Gasteiger partial charge in [-0.2, -0.15) is 0 Å². The van der Waals surface area contributed by atoms with E-state index in [1.165, 1.54) is 6.20 Å². The molecule has 0 saturated heterocycles. The summed E-state index contributed by atoms with van der Waals surface area (Å²) >= 11 is 6.08. The normalized spacial score (nSPS) is 12.0. The molecule has 1 amide bonds. The predicted octanol–water partition coefficient (Wildman–Crippen LogP) is 3.10. The minimum absolute atomic E-state index is 0.0104. The number of hydrogen-bond donors (Lipinski definition) is 2. The molecule has 2 N–H and O–H groups in total. The van der Waals surface area contributed by atoms with Gasteiger partial charge in [0, 0.05) is 19.9 Å². The number of pyridine rings is 1. The molecule has 1 atom stereocenters. The summed E-state index contributed by atoms with van der Waals surface area (Å²) in [6, 6.07) is 1.67. The van der Waals surface area contributed by atoms with Crippen LogP contribution < -0.4 is 10.6 Å². The van der Waals surface area contributed by atoms with Crippen LogP contribution in [0.15, 0.2) is 12.3 Å². The second-order valence-corrected chi connectivity index (χ2v) is 5.30. The van der Waals surface area contributed by atoms with Gasteiger partial charge >= 0.3 is 0 Å². The fraction of sp³-hybridized carbons (Fsp3) is 0.600. The minimum atomic E-state index is -0.197. The van der Waals surface area contributed by atoms with Crippen LogP contribution in [-0.4, -0.2) is 37.2 Å². The van der Waals surface area contributed by atoms with Gasteiger partial charge in [-0.05, 0) is 18.9 Å². The van der Waals surface area contributed by atoms with Gasteiger partial charge in [0.1, 0.15) is 5.82 Å². The molecule has 1 aromatic heterocycles. The van der Waals surface area contributed by atoms with E-state index >= 15 is 0 Å². The first-order chi connectivity index (χ1) is 10.1. The maximum absolute atomic E-state index is 12.3. The van der Waals surface area contributed by atoms with Crippen LogP contribution in [-0.2, 0) is 4.74 Å². The van der Waals surface area contributed by atoms with E-state index in [0.717, 1.165) is 25.8 Å². The molecule has 6 heteroatoms. The second kappa shape index (κ2) is 9.58. The van der Waals surface area contributed by atoms with E-state index in [9.17, 15) is 4.79 Å². The fourth-order valence-corrected chi connectivity index (χ4v) is 2.16. The predicted molar refractivity (Wildman–Crippen MR) is 86.1 cm³/mol. The number of rotatable bonds is 9. The fourth-order valence-electron chi connectivity index (χ4n) is 1.97. The Hall–Kier alpha value is -1.33. The Morgan fingerprint density at radius 1 is 1.43 bits per heavy atom. The van der Waals surface area contributed by atoms with E-state index in [0.29, 0.717) is 23.0 Å². The topological polar surface area (TPSA) is 63.2 Å². The molecule has 118 valence electrons. The van der Waals surface area contributed by atoms with Crippen LogP contribution in [0.5, 0.6) is 0 Å². The number of anilines is 1. The third kappa shape index (κ3) is 5.89. The van der Waals surface area contributed by atoms with Crippen LogP contribution in [0.4, 0.5) is 5.82 Å². The molecule has 1 heterocycles. The molecule has 1 rings (SSSR count). The Balaban J connectivity index is 2.79. The summed E-state index contributed by atoms with van der Waals surface area (Å²) in [5, 5.41) is 6.45. The zero-order valence-electron chi connectivity index (χ0n) is 12.9. The molecular weight excluding hydrogens is 290 g/mol. The van der Waals surface area contributed by atoms with Crippen molar-refractivity contribution in [2.45, 2.75) is 39.2 Å². The molecular formula is C15H24ClN3O2. The Bertz CT molecular complexity index is 449. The molecule has 0 fully saturated rings. The number of aromatic nitrogens is 1. The summed E-state index contributed by atoms with van der Waals surface area (Å²) in [4.78, 5) is 16.5. The van der Waals surface area contributed by atoms with Crippen LogP contribution in [0.25, 0.3) is 0 Å². The van der Waals surface area contributed by atoms with Crippen LogP contribution in [0, 0.1) is 0 Å². The van der Waals surface area contributed by atoms with Crippen molar-refractivity contribution >= 4 is 23.3 Å². The molecule has 0 bridgehead atoms. The molecule has 0 aliphatic rings. The van der Waals surface area contributed by atoms with Crippen molar-refractivity contribution in [3.05, 3.63) is 22.8 Å². The van der Waals surface area contributed by atoms with Gasteiger partial charge in [-0.15, -0.1) is 0 Å². The van der Waals surface area contributed by atoms with Crippen molar-refractivity contribution in [1.29, 1.82) is 0 Å². The summed E-state index contributed by atoms with van der Waals surface area (Å²) in [7, 11) is 1.63. The Morgan fingerprint density at radius 2 is 2.19 bits per heavy atom. The second-order valence-electron chi connectivity index (χ2n) is 4.89. The van der Waals surface area contributed by atoms with E-state index in [1.807, 2.05) is 0 Å². The molecule has 1 aromatic rings. The van der Waals surface area contributed by atoms with Gasteiger partial charge in [-0.3, -0.25) is 4.79 Å². The van der Waals surface area contributed by atoms with Crippen molar-refractivity contribution in [2.24, 2.45) is 0 Å². The third-order valence-electron chi connectivity index (χ3n) is 3.00. The number of hydrogen-bond acceptors (Lipinski definition) is 4. The van der Waals surface area contributed by atoms with Crippen LogP contribution >= 0.6 is 11.6 Å². The highest BCUT2D eigenvalue weighted by molar-refractivity contribution is 6.33. The van der Waals surface area contributed by atoms with E-state index < -0.39 is 0 Å². The zero-order chi connectivity index (χ0) is 15.7. The van der Waals surface area contributed by atoms with E-state index in [1.54, 1.807) is 13.2 Å². The molecule has 0 spiro atoms. The number of carbonyl (C=O) groups is 1. The number of halogens is 1. The molecule has 5 nitrogen and oxygen atoms in total. The smallest absolute Gasteiger partial charge is 0.253 e. The summed E-state index contributed by atoms with van der Waals surface area (Å²) < 4.78 is 5.13. The zero-order valence-corrected chi connectivity index (χ0v) is 13.7. The van der Waals surface area contributed by atoms with Crippen LogP contribution in [0.2, 0.25) is 5.02 Å².